The summed E-state index contributed by atoms with van der Waals surface area (Å²) in [5.74, 6) is -10.7. The molecule has 0 saturated carbocycles. The van der Waals surface area contributed by atoms with Crippen molar-refractivity contribution in [2.24, 2.45) is 0 Å². The molecule has 18 heteroatoms. The Morgan fingerprint density at radius 2 is 0.634 bits per heavy atom. The van der Waals surface area contributed by atoms with Gasteiger partial charge in [-0.05, 0) is 60.7 Å². The van der Waals surface area contributed by atoms with E-state index in [1.54, 1.807) is 97.1 Å². The van der Waals surface area contributed by atoms with E-state index in [1.165, 1.54) is 58.7 Å². The lowest BCUT2D eigenvalue weighted by Gasteiger charge is -2.23. The van der Waals surface area contributed by atoms with Crippen molar-refractivity contribution in [2.45, 2.75) is 6.18 Å². The molecule has 71 heavy (non-hydrogen) atoms. The van der Waals surface area contributed by atoms with Gasteiger partial charge in [0.25, 0.3) is 0 Å². The van der Waals surface area contributed by atoms with Crippen molar-refractivity contribution in [1.29, 1.82) is 0 Å². The van der Waals surface area contributed by atoms with Crippen LogP contribution in [-0.4, -0.2) is 49.0 Å². The lowest BCUT2D eigenvalue weighted by Crippen LogP contribution is -2.14. The molecular weight excluding hydrogens is 929 g/mol. The molecule has 0 unspecified atom stereocenters. The third kappa shape index (κ3) is 7.01. The summed E-state index contributed by atoms with van der Waals surface area (Å²) in [7, 11) is 0. The van der Waals surface area contributed by atoms with Gasteiger partial charge in [0.1, 0.15) is 0 Å². The van der Waals surface area contributed by atoms with Gasteiger partial charge in [-0.2, -0.15) is 13.2 Å². The van der Waals surface area contributed by atoms with E-state index in [1.807, 2.05) is 0 Å². The highest BCUT2D eigenvalue weighted by atomic mass is 19.4. The predicted molar refractivity (Wildman–Crippen MR) is 249 cm³/mol. The molecule has 6 aromatic carbocycles. The number of alkyl halides is 3. The Kier molecular flexibility index (Phi) is 9.95. The number of fused-ring (bicyclic) bond motifs is 6. The Balaban J connectivity index is 1.27. The van der Waals surface area contributed by atoms with Crippen molar-refractivity contribution in [3.8, 4) is 68.1 Å². The van der Waals surface area contributed by atoms with Crippen LogP contribution in [0.25, 0.3) is 112 Å². The molecule has 0 aliphatic heterocycles. The first-order chi connectivity index (χ1) is 34.4. The van der Waals surface area contributed by atoms with Gasteiger partial charge < -0.3 is 9.13 Å². The van der Waals surface area contributed by atoms with Crippen LogP contribution in [-0.2, 0) is 6.18 Å². The molecule has 12 aromatic rings. The second kappa shape index (κ2) is 16.4. The minimum atomic E-state index is -5.26. The SMILES string of the molecule is Fc1c(F)c(F)c(-c2cc(-n3c4cc(-c5ncccn5)ccc4c4ccc(-c5ncccn5)cc43)c(C(F)(F)F)cc2-n2c3cc(-c4ncccn4)ccc3c3ccc(-c4ncccn4)cc32)c(F)c1F. The van der Waals surface area contributed by atoms with E-state index >= 15 is 30.7 Å². The quantitative estimate of drug-likeness (QED) is 0.0882. The number of hydrogen-bond acceptors (Lipinski definition) is 8. The van der Waals surface area contributed by atoms with Crippen LogP contribution in [0.1, 0.15) is 5.56 Å². The molecule has 0 saturated heterocycles. The number of hydrogen-bond donors (Lipinski definition) is 0. The van der Waals surface area contributed by atoms with Gasteiger partial charge in [0.05, 0.1) is 44.6 Å². The first-order valence-electron chi connectivity index (χ1n) is 21.5. The van der Waals surface area contributed by atoms with E-state index in [0.717, 1.165) is 6.07 Å². The van der Waals surface area contributed by atoms with Gasteiger partial charge in [0.2, 0.25) is 5.82 Å². The summed E-state index contributed by atoms with van der Waals surface area (Å²) in [5.41, 5.74) is -2.76. The molecule has 6 heterocycles. The van der Waals surface area contributed by atoms with Gasteiger partial charge in [-0.25, -0.2) is 61.8 Å². The molecule has 0 bridgehead atoms. The molecule has 0 aliphatic carbocycles. The largest absolute Gasteiger partial charge is 0.418 e. The second-order valence-electron chi connectivity index (χ2n) is 16.2. The van der Waals surface area contributed by atoms with Crippen molar-refractivity contribution >= 4 is 43.6 Å². The maximum Gasteiger partial charge on any atom is 0.418 e. The number of benzene rings is 6. The lowest BCUT2D eigenvalue weighted by molar-refractivity contribution is -0.137. The van der Waals surface area contributed by atoms with Gasteiger partial charge in [-0.15, -0.1) is 0 Å². The van der Waals surface area contributed by atoms with E-state index in [2.05, 4.69) is 39.9 Å². The summed E-state index contributed by atoms with van der Waals surface area (Å²) in [6, 6.07) is 27.5. The van der Waals surface area contributed by atoms with E-state index in [0.29, 0.717) is 49.9 Å². The van der Waals surface area contributed by atoms with Gasteiger partial charge in [-0.1, -0.05) is 48.5 Å². The summed E-state index contributed by atoms with van der Waals surface area (Å²) < 4.78 is 131. The highest BCUT2D eigenvalue weighted by Crippen LogP contribution is 2.47. The number of halogens is 8. The fraction of sp³-hybridized carbons (Fsp3) is 0.0189. The van der Waals surface area contributed by atoms with Crippen molar-refractivity contribution < 1.29 is 35.1 Å². The summed E-state index contributed by atoms with van der Waals surface area (Å²) >= 11 is 0. The van der Waals surface area contributed by atoms with Crippen LogP contribution < -0.4 is 0 Å². The Labute approximate surface area is 394 Å². The standard InChI is InChI=1S/C53H26F8N10/c54-44-43(45(55)47(57)48(58)46(44)56)35-25-42(71-39-23-29(51-66-17-3-18-67-51)7-11-33(39)34-12-8-30(24-40(34)71)52-68-19-4-20-69-52)36(53(59,60)61)26-41(35)70-37-21-27(49-62-13-1-14-63-49)5-9-31(37)32-10-6-28(22-38(32)70)50-64-15-2-16-65-50/h1-26H. The predicted octanol–water partition coefficient (Wildman–Crippen LogP) is 13.1. The average Bonchev–Trinajstić information content (AvgIpc) is 3.91. The van der Waals surface area contributed by atoms with Crippen LogP contribution in [0.3, 0.4) is 0 Å². The molecule has 0 spiro atoms. The monoisotopic (exact) mass is 954 g/mol. The topological polar surface area (TPSA) is 113 Å². The minimum Gasteiger partial charge on any atom is -0.309 e. The van der Waals surface area contributed by atoms with Gasteiger partial charge in [0.15, 0.2) is 46.6 Å². The normalized spacial score (nSPS) is 11.9. The third-order valence-corrected chi connectivity index (χ3v) is 12.2. The van der Waals surface area contributed by atoms with Crippen molar-refractivity contribution in [2.75, 3.05) is 0 Å². The summed E-state index contributed by atoms with van der Waals surface area (Å²) in [4.78, 5) is 34.7. The second-order valence-corrected chi connectivity index (χ2v) is 16.2. The Hall–Kier alpha value is -9.32. The Bertz CT molecular complexity index is 3870. The summed E-state index contributed by atoms with van der Waals surface area (Å²) in [6.07, 6.45) is 6.67. The molecule has 12 rings (SSSR count). The smallest absolute Gasteiger partial charge is 0.309 e. The van der Waals surface area contributed by atoms with E-state index in [9.17, 15) is 4.39 Å². The Morgan fingerprint density at radius 1 is 0.338 bits per heavy atom. The minimum absolute atomic E-state index is 0.148. The fourth-order valence-corrected chi connectivity index (χ4v) is 9.12. The molecule has 344 valence electrons. The molecule has 0 atom stereocenters. The van der Waals surface area contributed by atoms with Crippen molar-refractivity contribution in [3.05, 3.63) is 193 Å². The van der Waals surface area contributed by atoms with Crippen LogP contribution in [0, 0.1) is 29.1 Å². The van der Waals surface area contributed by atoms with Gasteiger partial charge in [-0.3, -0.25) is 0 Å². The van der Waals surface area contributed by atoms with Crippen LogP contribution >= 0.6 is 0 Å². The average molecular weight is 955 g/mol. The van der Waals surface area contributed by atoms with E-state index < -0.39 is 63.3 Å². The number of nitrogens with zero attached hydrogens (tertiary/aromatic N) is 10. The van der Waals surface area contributed by atoms with Gasteiger partial charge in [0, 0.05) is 98.9 Å². The number of rotatable bonds is 7. The number of aromatic nitrogens is 10. The zero-order chi connectivity index (χ0) is 48.7. The van der Waals surface area contributed by atoms with E-state index in [-0.39, 0.29) is 45.4 Å². The van der Waals surface area contributed by atoms with Crippen LogP contribution in [0.15, 0.2) is 159 Å². The molecule has 6 aromatic heterocycles. The highest BCUT2D eigenvalue weighted by Gasteiger charge is 2.38. The molecular formula is C53H26F8N10. The molecule has 0 fully saturated rings. The van der Waals surface area contributed by atoms with Gasteiger partial charge >= 0.3 is 6.18 Å². The van der Waals surface area contributed by atoms with Crippen LogP contribution in [0.5, 0.6) is 0 Å². The molecule has 0 amide bonds. The third-order valence-electron chi connectivity index (χ3n) is 12.2. The summed E-state index contributed by atoms with van der Waals surface area (Å²) in [6.45, 7) is 0. The first kappa shape index (κ1) is 43.0. The first-order valence-corrected chi connectivity index (χ1v) is 21.5. The molecule has 0 N–H and O–H groups in total. The maximum atomic E-state index is 16.7. The Morgan fingerprint density at radius 3 is 0.944 bits per heavy atom. The summed E-state index contributed by atoms with van der Waals surface area (Å²) in [5, 5.41) is 1.75. The lowest BCUT2D eigenvalue weighted by atomic mass is 9.97. The van der Waals surface area contributed by atoms with E-state index in [4.69, 9.17) is 0 Å². The highest BCUT2D eigenvalue weighted by molar-refractivity contribution is 6.13. The molecule has 0 radical (unpaired) electrons. The van der Waals surface area contributed by atoms with Crippen LogP contribution in [0.4, 0.5) is 35.1 Å². The molecule has 0 aliphatic rings. The fourth-order valence-electron chi connectivity index (χ4n) is 9.12. The zero-order valence-corrected chi connectivity index (χ0v) is 36.0. The molecule has 10 nitrogen and oxygen atoms in total. The van der Waals surface area contributed by atoms with Crippen LogP contribution in [0.2, 0.25) is 0 Å². The van der Waals surface area contributed by atoms with Crippen molar-refractivity contribution in [3.63, 3.8) is 0 Å². The maximum absolute atomic E-state index is 16.7. The zero-order valence-electron chi connectivity index (χ0n) is 36.0. The van der Waals surface area contributed by atoms with Crippen molar-refractivity contribution in [1.82, 2.24) is 49.0 Å².